The van der Waals surface area contributed by atoms with Crippen molar-refractivity contribution in [3.8, 4) is 0 Å². The number of hydrogen-bond acceptors (Lipinski definition) is 6. The van der Waals surface area contributed by atoms with Gasteiger partial charge in [-0.3, -0.25) is 9.69 Å². The smallest absolute Gasteiger partial charge is 0.287 e. The molecule has 0 aromatic carbocycles. The summed E-state index contributed by atoms with van der Waals surface area (Å²) in [4.78, 5) is 14.1. The van der Waals surface area contributed by atoms with Crippen LogP contribution in [0.5, 0.6) is 0 Å². The van der Waals surface area contributed by atoms with Gasteiger partial charge in [0.2, 0.25) is 0 Å². The minimum absolute atomic E-state index is 0.107. The quantitative estimate of drug-likeness (QED) is 0.747. The zero-order valence-corrected chi connectivity index (χ0v) is 12.0. The van der Waals surface area contributed by atoms with Gasteiger partial charge in [0.05, 0.1) is 38.2 Å². The SMILES string of the molecule is O=c1c(Cl)c(NCCN2CCOCC2)cnn1CCO. The third-order valence-electron chi connectivity index (χ3n) is 3.14. The first-order valence-electron chi connectivity index (χ1n) is 6.63. The molecule has 0 unspecified atom stereocenters. The van der Waals surface area contributed by atoms with Crippen molar-refractivity contribution in [3.63, 3.8) is 0 Å². The van der Waals surface area contributed by atoms with E-state index in [4.69, 9.17) is 21.4 Å². The Morgan fingerprint density at radius 2 is 2.15 bits per heavy atom. The highest BCUT2D eigenvalue weighted by molar-refractivity contribution is 6.32. The second-order valence-corrected chi connectivity index (χ2v) is 4.88. The summed E-state index contributed by atoms with van der Waals surface area (Å²) in [6.07, 6.45) is 1.51. The molecule has 1 aromatic rings. The number of rotatable bonds is 6. The average Bonchev–Trinajstić information content (AvgIpc) is 2.48. The van der Waals surface area contributed by atoms with Gasteiger partial charge in [0, 0.05) is 26.2 Å². The highest BCUT2D eigenvalue weighted by atomic mass is 35.5. The molecule has 7 nitrogen and oxygen atoms in total. The van der Waals surface area contributed by atoms with E-state index in [1.165, 1.54) is 6.20 Å². The number of anilines is 1. The molecule has 1 saturated heterocycles. The lowest BCUT2D eigenvalue weighted by Crippen LogP contribution is -2.39. The molecule has 1 fully saturated rings. The highest BCUT2D eigenvalue weighted by Gasteiger charge is 2.11. The van der Waals surface area contributed by atoms with E-state index in [9.17, 15) is 4.79 Å². The summed E-state index contributed by atoms with van der Waals surface area (Å²) in [5.41, 5.74) is 0.135. The van der Waals surface area contributed by atoms with Crippen molar-refractivity contribution in [1.29, 1.82) is 0 Å². The van der Waals surface area contributed by atoms with Crippen molar-refractivity contribution in [3.05, 3.63) is 21.6 Å². The molecule has 0 amide bonds. The molecular weight excluding hydrogens is 284 g/mol. The van der Waals surface area contributed by atoms with E-state index in [-0.39, 0.29) is 18.2 Å². The Kier molecular flexibility index (Phi) is 5.78. The normalized spacial score (nSPS) is 16.3. The number of nitrogens with zero attached hydrogens (tertiary/aromatic N) is 3. The van der Waals surface area contributed by atoms with Gasteiger partial charge in [-0.2, -0.15) is 5.10 Å². The fraction of sp³-hybridized carbons (Fsp3) is 0.667. The predicted molar refractivity (Wildman–Crippen MR) is 76.3 cm³/mol. The second-order valence-electron chi connectivity index (χ2n) is 4.50. The molecule has 0 aliphatic carbocycles. The molecule has 20 heavy (non-hydrogen) atoms. The zero-order valence-electron chi connectivity index (χ0n) is 11.2. The second kappa shape index (κ2) is 7.58. The lowest BCUT2D eigenvalue weighted by atomic mass is 10.4. The first kappa shape index (κ1) is 15.2. The molecule has 0 atom stereocenters. The number of aromatic nitrogens is 2. The summed E-state index contributed by atoms with van der Waals surface area (Å²) in [6, 6.07) is 0. The molecular formula is C12H19ClN4O3. The number of aliphatic hydroxyl groups excluding tert-OH is 1. The fourth-order valence-electron chi connectivity index (χ4n) is 2.02. The van der Waals surface area contributed by atoms with Gasteiger partial charge in [-0.25, -0.2) is 4.68 Å². The summed E-state index contributed by atoms with van der Waals surface area (Å²) in [7, 11) is 0. The summed E-state index contributed by atoms with van der Waals surface area (Å²) in [5, 5.41) is 16.0. The van der Waals surface area contributed by atoms with Crippen LogP contribution in [-0.2, 0) is 11.3 Å². The predicted octanol–water partition coefficient (Wildman–Crippen LogP) is -0.367. The van der Waals surface area contributed by atoms with Gasteiger partial charge in [0.1, 0.15) is 5.02 Å². The number of hydrogen-bond donors (Lipinski definition) is 2. The van der Waals surface area contributed by atoms with Crippen LogP contribution < -0.4 is 10.9 Å². The van der Waals surface area contributed by atoms with Gasteiger partial charge in [-0.05, 0) is 0 Å². The van der Waals surface area contributed by atoms with E-state index >= 15 is 0 Å². The van der Waals surface area contributed by atoms with E-state index in [2.05, 4.69) is 15.3 Å². The standard InChI is InChI=1S/C12H19ClN4O3/c13-11-10(9-15-17(3-6-18)12(11)19)14-1-2-16-4-7-20-8-5-16/h9,14,18H,1-8H2. The molecule has 2 heterocycles. The molecule has 2 N–H and O–H groups in total. The summed E-state index contributed by atoms with van der Waals surface area (Å²) < 4.78 is 6.43. The van der Waals surface area contributed by atoms with Gasteiger partial charge in [0.15, 0.2) is 0 Å². The largest absolute Gasteiger partial charge is 0.394 e. The molecule has 2 rings (SSSR count). The van der Waals surface area contributed by atoms with E-state index < -0.39 is 5.56 Å². The summed E-state index contributed by atoms with van der Waals surface area (Å²) >= 11 is 6.00. The van der Waals surface area contributed by atoms with Crippen LogP contribution in [0.25, 0.3) is 0 Å². The Morgan fingerprint density at radius 3 is 2.85 bits per heavy atom. The maximum absolute atomic E-state index is 11.8. The molecule has 1 aliphatic heterocycles. The number of ether oxygens (including phenoxy) is 1. The van der Waals surface area contributed by atoms with Crippen LogP contribution in [-0.4, -0.2) is 65.8 Å². The van der Waals surface area contributed by atoms with Crippen LogP contribution in [0.4, 0.5) is 5.69 Å². The number of aliphatic hydroxyl groups is 1. The van der Waals surface area contributed by atoms with Crippen molar-refractivity contribution >= 4 is 17.3 Å². The lowest BCUT2D eigenvalue weighted by Gasteiger charge is -2.26. The van der Waals surface area contributed by atoms with Crippen LogP contribution in [0, 0.1) is 0 Å². The number of halogens is 1. The van der Waals surface area contributed by atoms with Crippen LogP contribution in [0.15, 0.2) is 11.0 Å². The maximum Gasteiger partial charge on any atom is 0.287 e. The number of nitrogens with one attached hydrogen (secondary N) is 1. The molecule has 0 radical (unpaired) electrons. The zero-order chi connectivity index (χ0) is 14.4. The van der Waals surface area contributed by atoms with Crippen molar-refractivity contribution in [2.45, 2.75) is 6.54 Å². The Balaban J connectivity index is 1.89. The molecule has 0 saturated carbocycles. The molecule has 112 valence electrons. The van der Waals surface area contributed by atoms with Crippen LogP contribution in [0.2, 0.25) is 5.02 Å². The third-order valence-corrected chi connectivity index (χ3v) is 3.51. The Bertz CT molecular complexity index is 488. The molecule has 8 heteroatoms. The van der Waals surface area contributed by atoms with Crippen LogP contribution in [0.3, 0.4) is 0 Å². The van der Waals surface area contributed by atoms with Crippen molar-refractivity contribution in [2.24, 2.45) is 0 Å². The van der Waals surface area contributed by atoms with Crippen molar-refractivity contribution in [1.82, 2.24) is 14.7 Å². The summed E-state index contributed by atoms with van der Waals surface area (Å²) in [5.74, 6) is 0. The highest BCUT2D eigenvalue weighted by Crippen LogP contribution is 2.14. The van der Waals surface area contributed by atoms with Gasteiger partial charge >= 0.3 is 0 Å². The fourth-order valence-corrected chi connectivity index (χ4v) is 2.23. The Morgan fingerprint density at radius 1 is 1.40 bits per heavy atom. The van der Waals surface area contributed by atoms with Crippen molar-refractivity contribution in [2.75, 3.05) is 51.3 Å². The minimum Gasteiger partial charge on any atom is -0.394 e. The van der Waals surface area contributed by atoms with Crippen molar-refractivity contribution < 1.29 is 9.84 Å². The Labute approximate surface area is 122 Å². The summed E-state index contributed by atoms with van der Waals surface area (Å²) in [6.45, 7) is 4.92. The Hall–Kier alpha value is -1.15. The lowest BCUT2D eigenvalue weighted by molar-refractivity contribution is 0.0398. The molecule has 0 bridgehead atoms. The third kappa shape index (κ3) is 3.92. The molecule has 0 spiro atoms. The van der Waals surface area contributed by atoms with Crippen LogP contribution in [0.1, 0.15) is 0 Å². The van der Waals surface area contributed by atoms with Gasteiger partial charge in [-0.1, -0.05) is 11.6 Å². The first-order valence-corrected chi connectivity index (χ1v) is 7.00. The number of morpholine rings is 1. The topological polar surface area (TPSA) is 79.6 Å². The van der Waals surface area contributed by atoms with Crippen LogP contribution >= 0.6 is 11.6 Å². The van der Waals surface area contributed by atoms with Gasteiger partial charge in [0.25, 0.3) is 5.56 Å². The van der Waals surface area contributed by atoms with E-state index in [0.29, 0.717) is 12.2 Å². The van der Waals surface area contributed by atoms with Gasteiger partial charge < -0.3 is 15.2 Å². The molecule has 1 aliphatic rings. The first-order chi connectivity index (χ1) is 9.72. The van der Waals surface area contributed by atoms with E-state index in [1.807, 2.05) is 0 Å². The van der Waals surface area contributed by atoms with Gasteiger partial charge in [-0.15, -0.1) is 0 Å². The molecule has 1 aromatic heterocycles. The maximum atomic E-state index is 11.8. The minimum atomic E-state index is -0.392. The average molecular weight is 303 g/mol. The monoisotopic (exact) mass is 302 g/mol. The van der Waals surface area contributed by atoms with E-state index in [0.717, 1.165) is 37.5 Å². The van der Waals surface area contributed by atoms with E-state index in [1.54, 1.807) is 0 Å².